The Kier molecular flexibility index (Phi) is 5.85. The molecule has 0 saturated carbocycles. The first-order valence-corrected chi connectivity index (χ1v) is 6.82. The lowest BCUT2D eigenvalue weighted by molar-refractivity contribution is 0.0534. The molecule has 1 aromatic heterocycles. The van der Waals surface area contributed by atoms with Crippen LogP contribution in [-0.2, 0) is 11.2 Å². The summed E-state index contributed by atoms with van der Waals surface area (Å²) >= 11 is 3.52. The molecule has 96 valence electrons. The van der Waals surface area contributed by atoms with Crippen LogP contribution in [0.4, 0.5) is 5.82 Å². The van der Waals surface area contributed by atoms with E-state index in [1.807, 2.05) is 14.0 Å². The lowest BCUT2D eigenvalue weighted by atomic mass is 10.2. The largest absolute Gasteiger partial charge is 0.372 e. The van der Waals surface area contributed by atoms with Gasteiger partial charge in [-0.05, 0) is 35.7 Å². The fourth-order valence-corrected chi connectivity index (χ4v) is 2.29. The molecule has 1 aromatic rings. The summed E-state index contributed by atoms with van der Waals surface area (Å²) in [5, 5.41) is 3.08. The van der Waals surface area contributed by atoms with Crippen LogP contribution < -0.4 is 5.32 Å². The summed E-state index contributed by atoms with van der Waals surface area (Å²) in [6.07, 6.45) is 1.72. The summed E-state index contributed by atoms with van der Waals surface area (Å²) in [4.78, 5) is 9.06. The van der Waals surface area contributed by atoms with Crippen LogP contribution in [0.5, 0.6) is 0 Å². The van der Waals surface area contributed by atoms with Crippen molar-refractivity contribution in [3.05, 3.63) is 16.0 Å². The second kappa shape index (κ2) is 6.91. The molecule has 1 N–H and O–H groups in total. The van der Waals surface area contributed by atoms with Crippen molar-refractivity contribution in [3.8, 4) is 0 Å². The van der Waals surface area contributed by atoms with E-state index in [1.54, 1.807) is 0 Å². The van der Waals surface area contributed by atoms with Crippen molar-refractivity contribution < 1.29 is 4.74 Å². The van der Waals surface area contributed by atoms with Gasteiger partial charge in [-0.3, -0.25) is 0 Å². The van der Waals surface area contributed by atoms with Gasteiger partial charge >= 0.3 is 0 Å². The maximum absolute atomic E-state index is 5.65. The van der Waals surface area contributed by atoms with Gasteiger partial charge in [0, 0.05) is 13.7 Å². The minimum Gasteiger partial charge on any atom is -0.372 e. The molecule has 4 nitrogen and oxygen atoms in total. The number of aromatic nitrogens is 2. The minimum atomic E-state index is -0.0227. The first-order chi connectivity index (χ1) is 8.17. The Labute approximate surface area is 111 Å². The normalized spacial score (nSPS) is 12.5. The zero-order valence-electron chi connectivity index (χ0n) is 10.9. The lowest BCUT2D eigenvalue weighted by Crippen LogP contribution is -2.12. The van der Waals surface area contributed by atoms with E-state index < -0.39 is 0 Å². The predicted molar refractivity (Wildman–Crippen MR) is 73.3 cm³/mol. The third-order valence-electron chi connectivity index (χ3n) is 2.54. The molecule has 0 amide bonds. The fourth-order valence-electron chi connectivity index (χ4n) is 1.63. The summed E-state index contributed by atoms with van der Waals surface area (Å²) in [7, 11) is 1.86. The van der Waals surface area contributed by atoms with Crippen LogP contribution in [0.25, 0.3) is 0 Å². The van der Waals surface area contributed by atoms with E-state index in [4.69, 9.17) is 4.74 Å². The summed E-state index contributed by atoms with van der Waals surface area (Å²) in [6, 6.07) is 0. The Balaban J connectivity index is 3.15. The molecule has 0 spiro atoms. The number of rotatable bonds is 6. The van der Waals surface area contributed by atoms with Crippen LogP contribution in [0.2, 0.25) is 0 Å². The smallest absolute Gasteiger partial charge is 0.159 e. The van der Waals surface area contributed by atoms with Crippen LogP contribution in [0, 0.1) is 0 Å². The van der Waals surface area contributed by atoms with Crippen LogP contribution in [-0.4, -0.2) is 23.6 Å². The number of hydrogen-bond donors (Lipinski definition) is 1. The highest BCUT2D eigenvalue weighted by atomic mass is 79.9. The van der Waals surface area contributed by atoms with E-state index in [-0.39, 0.29) is 6.10 Å². The molecule has 1 heterocycles. The molecular formula is C12H20BrN3O. The molecule has 0 radical (unpaired) electrons. The first kappa shape index (κ1) is 14.4. The van der Waals surface area contributed by atoms with Gasteiger partial charge in [0.15, 0.2) is 5.82 Å². The second-order valence-corrected chi connectivity index (χ2v) is 4.44. The van der Waals surface area contributed by atoms with Gasteiger partial charge in [-0.15, -0.1) is 0 Å². The van der Waals surface area contributed by atoms with E-state index in [2.05, 4.69) is 45.1 Å². The lowest BCUT2D eigenvalue weighted by Gasteiger charge is -2.16. The molecule has 0 saturated heterocycles. The molecule has 0 aromatic carbocycles. The van der Waals surface area contributed by atoms with Crippen molar-refractivity contribution in [2.24, 2.45) is 0 Å². The maximum atomic E-state index is 5.65. The number of halogens is 1. The van der Waals surface area contributed by atoms with Crippen LogP contribution >= 0.6 is 15.9 Å². The Bertz CT molecular complexity index is 346. The molecule has 0 aliphatic heterocycles. The highest BCUT2D eigenvalue weighted by Crippen LogP contribution is 2.27. The quantitative estimate of drug-likeness (QED) is 0.875. The predicted octanol–water partition coefficient (Wildman–Crippen LogP) is 3.33. The van der Waals surface area contributed by atoms with Gasteiger partial charge in [0.25, 0.3) is 0 Å². The minimum absolute atomic E-state index is 0.0227. The number of nitrogens with zero attached hydrogens (tertiary/aromatic N) is 2. The van der Waals surface area contributed by atoms with Crippen molar-refractivity contribution >= 4 is 21.7 Å². The maximum Gasteiger partial charge on any atom is 0.159 e. The van der Waals surface area contributed by atoms with E-state index in [1.165, 1.54) is 0 Å². The third-order valence-corrected chi connectivity index (χ3v) is 3.37. The summed E-state index contributed by atoms with van der Waals surface area (Å²) < 4.78 is 6.59. The van der Waals surface area contributed by atoms with Gasteiger partial charge in [0.05, 0.1) is 10.2 Å². The van der Waals surface area contributed by atoms with Gasteiger partial charge < -0.3 is 10.1 Å². The van der Waals surface area contributed by atoms with Gasteiger partial charge in [-0.25, -0.2) is 9.97 Å². The molecule has 1 atom stereocenters. The second-order valence-electron chi connectivity index (χ2n) is 3.65. The molecule has 0 aliphatic rings. The summed E-state index contributed by atoms with van der Waals surface area (Å²) in [6.45, 7) is 6.82. The van der Waals surface area contributed by atoms with Crippen LogP contribution in [0.1, 0.15) is 44.8 Å². The third kappa shape index (κ3) is 3.39. The number of aryl methyl sites for hydroxylation is 1. The van der Waals surface area contributed by atoms with Crippen molar-refractivity contribution in [1.82, 2.24) is 9.97 Å². The summed E-state index contributed by atoms with van der Waals surface area (Å²) in [5.41, 5.74) is 1.01. The fraction of sp³-hybridized carbons (Fsp3) is 0.667. The SMILES string of the molecule is CCOC(CC)c1nc(CC)c(Br)c(NC)n1. The molecule has 5 heteroatoms. The topological polar surface area (TPSA) is 47.0 Å². The Hall–Kier alpha value is -0.680. The standard InChI is InChI=1S/C12H20BrN3O/c1-5-8-10(13)12(14-4)16-11(15-8)9(6-2)17-7-3/h9H,5-7H2,1-4H3,(H,14,15,16). The molecule has 17 heavy (non-hydrogen) atoms. The Morgan fingerprint density at radius 3 is 2.47 bits per heavy atom. The van der Waals surface area contributed by atoms with E-state index >= 15 is 0 Å². The molecule has 1 rings (SSSR count). The monoisotopic (exact) mass is 301 g/mol. The number of ether oxygens (including phenoxy) is 1. The molecule has 0 fully saturated rings. The van der Waals surface area contributed by atoms with Gasteiger partial charge in [0.2, 0.25) is 0 Å². The van der Waals surface area contributed by atoms with Crippen molar-refractivity contribution in [3.63, 3.8) is 0 Å². The highest BCUT2D eigenvalue weighted by molar-refractivity contribution is 9.10. The zero-order valence-corrected chi connectivity index (χ0v) is 12.5. The average molecular weight is 302 g/mol. The molecule has 0 aliphatic carbocycles. The number of nitrogens with one attached hydrogen (secondary N) is 1. The highest BCUT2D eigenvalue weighted by Gasteiger charge is 2.17. The van der Waals surface area contributed by atoms with Gasteiger partial charge in [-0.1, -0.05) is 13.8 Å². The summed E-state index contributed by atoms with van der Waals surface area (Å²) in [5.74, 6) is 1.59. The molecule has 1 unspecified atom stereocenters. The Morgan fingerprint density at radius 1 is 1.29 bits per heavy atom. The molecular weight excluding hydrogens is 282 g/mol. The van der Waals surface area contributed by atoms with Crippen molar-refractivity contribution in [2.45, 2.75) is 39.7 Å². The first-order valence-electron chi connectivity index (χ1n) is 6.03. The van der Waals surface area contributed by atoms with E-state index in [0.717, 1.165) is 34.7 Å². The number of hydrogen-bond acceptors (Lipinski definition) is 4. The van der Waals surface area contributed by atoms with Crippen molar-refractivity contribution in [1.29, 1.82) is 0 Å². The van der Waals surface area contributed by atoms with Crippen LogP contribution in [0.15, 0.2) is 4.47 Å². The van der Waals surface area contributed by atoms with Crippen LogP contribution in [0.3, 0.4) is 0 Å². The zero-order chi connectivity index (χ0) is 12.8. The Morgan fingerprint density at radius 2 is 2.00 bits per heavy atom. The number of anilines is 1. The van der Waals surface area contributed by atoms with Gasteiger partial charge in [0.1, 0.15) is 11.9 Å². The average Bonchev–Trinajstić information content (AvgIpc) is 2.36. The molecule has 0 bridgehead atoms. The van der Waals surface area contributed by atoms with Crippen molar-refractivity contribution in [2.75, 3.05) is 19.0 Å². The van der Waals surface area contributed by atoms with E-state index in [0.29, 0.717) is 6.61 Å². The van der Waals surface area contributed by atoms with Gasteiger partial charge in [-0.2, -0.15) is 0 Å². The van der Waals surface area contributed by atoms with E-state index in [9.17, 15) is 0 Å².